The maximum Gasteiger partial charge on any atom is 0.319 e. The van der Waals surface area contributed by atoms with Gasteiger partial charge in [-0.15, -0.1) is 11.8 Å². The van der Waals surface area contributed by atoms with Gasteiger partial charge in [0.05, 0.1) is 30.9 Å². The number of para-hydroxylation sites is 1. The fourth-order valence-corrected chi connectivity index (χ4v) is 3.22. The molecule has 120 valence electrons. The van der Waals surface area contributed by atoms with Gasteiger partial charge in [-0.2, -0.15) is 5.26 Å². The third kappa shape index (κ3) is 3.03. The summed E-state index contributed by atoms with van der Waals surface area (Å²) in [6, 6.07) is 9.14. The lowest BCUT2D eigenvalue weighted by Gasteiger charge is -2.31. The molecule has 0 aromatic heterocycles. The molecular weight excluding hydrogens is 316 g/mol. The zero-order valence-corrected chi connectivity index (χ0v) is 13.8. The number of benzene rings is 1. The molecule has 1 heterocycles. The SMILES string of the molecule is COC(=O)[C@@H]1C(=O)NC(SC)=C(C#N)[C@H]1c1ccccc1OC. The Morgan fingerprint density at radius 3 is 2.61 bits per heavy atom. The van der Waals surface area contributed by atoms with Crippen LogP contribution in [0.15, 0.2) is 34.9 Å². The number of nitrogens with zero attached hydrogens (tertiary/aromatic N) is 1. The zero-order valence-electron chi connectivity index (χ0n) is 13.0. The maximum absolute atomic E-state index is 12.4. The molecule has 0 radical (unpaired) electrons. The number of nitriles is 1. The largest absolute Gasteiger partial charge is 0.496 e. The van der Waals surface area contributed by atoms with Crippen LogP contribution in [0.2, 0.25) is 0 Å². The van der Waals surface area contributed by atoms with Gasteiger partial charge in [0, 0.05) is 11.5 Å². The molecule has 0 saturated heterocycles. The van der Waals surface area contributed by atoms with Crippen LogP contribution in [0.4, 0.5) is 0 Å². The van der Waals surface area contributed by atoms with Gasteiger partial charge in [-0.3, -0.25) is 9.59 Å². The molecule has 0 bridgehead atoms. The Balaban J connectivity index is 2.70. The van der Waals surface area contributed by atoms with Crippen molar-refractivity contribution in [1.29, 1.82) is 5.26 Å². The number of methoxy groups -OCH3 is 2. The summed E-state index contributed by atoms with van der Waals surface area (Å²) in [4.78, 5) is 24.6. The summed E-state index contributed by atoms with van der Waals surface area (Å²) in [7, 11) is 2.72. The highest BCUT2D eigenvalue weighted by molar-refractivity contribution is 8.02. The molecule has 6 nitrogen and oxygen atoms in total. The van der Waals surface area contributed by atoms with E-state index in [1.807, 2.05) is 0 Å². The zero-order chi connectivity index (χ0) is 17.0. The first kappa shape index (κ1) is 16.9. The van der Waals surface area contributed by atoms with E-state index in [4.69, 9.17) is 9.47 Å². The average Bonchev–Trinajstić information content (AvgIpc) is 2.59. The van der Waals surface area contributed by atoms with Gasteiger partial charge in [0.25, 0.3) is 0 Å². The first-order valence-corrected chi connectivity index (χ1v) is 8.01. The second kappa shape index (κ2) is 7.20. The van der Waals surface area contributed by atoms with Crippen molar-refractivity contribution in [2.45, 2.75) is 5.92 Å². The van der Waals surface area contributed by atoms with Crippen LogP contribution in [0.5, 0.6) is 5.75 Å². The van der Waals surface area contributed by atoms with Crippen LogP contribution in [0.3, 0.4) is 0 Å². The van der Waals surface area contributed by atoms with Gasteiger partial charge in [-0.1, -0.05) is 18.2 Å². The Morgan fingerprint density at radius 2 is 2.04 bits per heavy atom. The van der Waals surface area contributed by atoms with E-state index >= 15 is 0 Å². The summed E-state index contributed by atoms with van der Waals surface area (Å²) < 4.78 is 10.1. The Morgan fingerprint density at radius 1 is 1.35 bits per heavy atom. The maximum atomic E-state index is 12.4. The third-order valence-corrected chi connectivity index (χ3v) is 4.39. The van der Waals surface area contributed by atoms with Gasteiger partial charge in [0.1, 0.15) is 11.7 Å². The van der Waals surface area contributed by atoms with Crippen LogP contribution >= 0.6 is 11.8 Å². The lowest BCUT2D eigenvalue weighted by molar-refractivity contribution is -0.150. The fraction of sp³-hybridized carbons (Fsp3) is 0.312. The Kier molecular flexibility index (Phi) is 5.29. The summed E-state index contributed by atoms with van der Waals surface area (Å²) in [5.74, 6) is -2.56. The minimum atomic E-state index is -1.14. The number of thioether (sulfide) groups is 1. The number of nitrogens with one attached hydrogen (secondary N) is 1. The van der Waals surface area contributed by atoms with Gasteiger partial charge in [-0.05, 0) is 12.3 Å². The van der Waals surface area contributed by atoms with E-state index in [-0.39, 0.29) is 0 Å². The first-order chi connectivity index (χ1) is 11.1. The molecule has 0 saturated carbocycles. The van der Waals surface area contributed by atoms with Crippen LogP contribution in [0, 0.1) is 17.2 Å². The number of hydrogen-bond acceptors (Lipinski definition) is 6. The summed E-state index contributed by atoms with van der Waals surface area (Å²) in [5, 5.41) is 12.6. The molecule has 2 atom stereocenters. The van der Waals surface area contributed by atoms with Crippen molar-refractivity contribution in [2.75, 3.05) is 20.5 Å². The molecule has 1 aromatic carbocycles. The number of rotatable bonds is 4. The lowest BCUT2D eigenvalue weighted by atomic mass is 9.78. The molecule has 0 fully saturated rings. The number of amides is 1. The summed E-state index contributed by atoms with van der Waals surface area (Å²) in [5.41, 5.74) is 0.917. The van der Waals surface area contributed by atoms with Crippen LogP contribution in [0.1, 0.15) is 11.5 Å². The molecule has 1 aliphatic rings. The van der Waals surface area contributed by atoms with Crippen molar-refractivity contribution in [1.82, 2.24) is 5.32 Å². The van der Waals surface area contributed by atoms with Gasteiger partial charge in [0.15, 0.2) is 0 Å². The minimum absolute atomic E-state index is 0.317. The predicted molar refractivity (Wildman–Crippen MR) is 85.5 cm³/mol. The number of carbonyl (C=O) groups is 2. The van der Waals surface area contributed by atoms with E-state index in [9.17, 15) is 14.9 Å². The predicted octanol–water partition coefficient (Wildman–Crippen LogP) is 1.80. The molecule has 2 rings (SSSR count). The second-order valence-electron chi connectivity index (χ2n) is 4.77. The summed E-state index contributed by atoms with van der Waals surface area (Å²) in [6.07, 6.45) is 1.75. The lowest BCUT2D eigenvalue weighted by Crippen LogP contribution is -2.44. The molecule has 0 spiro atoms. The Labute approximate surface area is 138 Å². The molecular formula is C16H16N2O4S. The smallest absolute Gasteiger partial charge is 0.319 e. The van der Waals surface area contributed by atoms with Crippen molar-refractivity contribution in [3.8, 4) is 11.8 Å². The molecule has 0 unspecified atom stereocenters. The highest BCUT2D eigenvalue weighted by Gasteiger charge is 2.45. The van der Waals surface area contributed by atoms with E-state index < -0.39 is 23.7 Å². The number of ether oxygens (including phenoxy) is 2. The van der Waals surface area contributed by atoms with Crippen molar-refractivity contribution < 1.29 is 19.1 Å². The van der Waals surface area contributed by atoms with Gasteiger partial charge in [-0.25, -0.2) is 0 Å². The van der Waals surface area contributed by atoms with E-state index in [0.29, 0.717) is 21.9 Å². The Hall–Kier alpha value is -2.46. The van der Waals surface area contributed by atoms with Crippen molar-refractivity contribution in [3.63, 3.8) is 0 Å². The number of esters is 1. The quantitative estimate of drug-likeness (QED) is 0.668. The molecule has 23 heavy (non-hydrogen) atoms. The monoisotopic (exact) mass is 332 g/mol. The number of allylic oxidation sites excluding steroid dienone is 1. The second-order valence-corrected chi connectivity index (χ2v) is 5.58. The first-order valence-electron chi connectivity index (χ1n) is 6.78. The molecule has 1 N–H and O–H groups in total. The van der Waals surface area contributed by atoms with Crippen LogP contribution < -0.4 is 10.1 Å². The van der Waals surface area contributed by atoms with E-state index in [0.717, 1.165) is 0 Å². The average molecular weight is 332 g/mol. The third-order valence-electron chi connectivity index (χ3n) is 3.66. The van der Waals surface area contributed by atoms with Crippen molar-refractivity contribution >= 4 is 23.6 Å². The normalized spacial score (nSPS) is 20.5. The van der Waals surface area contributed by atoms with E-state index in [2.05, 4.69) is 11.4 Å². The van der Waals surface area contributed by atoms with Gasteiger partial charge < -0.3 is 14.8 Å². The van der Waals surface area contributed by atoms with Crippen molar-refractivity contribution in [3.05, 3.63) is 40.4 Å². The van der Waals surface area contributed by atoms with Crippen LogP contribution in [0.25, 0.3) is 0 Å². The van der Waals surface area contributed by atoms with Crippen LogP contribution in [-0.2, 0) is 14.3 Å². The molecule has 1 aliphatic heterocycles. The van der Waals surface area contributed by atoms with E-state index in [1.165, 1.54) is 26.0 Å². The van der Waals surface area contributed by atoms with Gasteiger partial charge >= 0.3 is 5.97 Å². The number of carbonyl (C=O) groups excluding carboxylic acids is 2. The van der Waals surface area contributed by atoms with Gasteiger partial charge in [0.2, 0.25) is 5.91 Å². The van der Waals surface area contributed by atoms with Crippen molar-refractivity contribution in [2.24, 2.45) is 5.92 Å². The standard InChI is InChI=1S/C16H16N2O4S/c1-21-11-7-5-4-6-9(11)12-10(8-17)15(23-3)18-14(19)13(12)16(20)22-2/h4-7,12-13H,1-3H3,(H,18,19)/t12-,13+/m1/s1. The summed E-state index contributed by atoms with van der Waals surface area (Å²) in [6.45, 7) is 0. The summed E-state index contributed by atoms with van der Waals surface area (Å²) >= 11 is 1.25. The highest BCUT2D eigenvalue weighted by Crippen LogP contribution is 2.42. The van der Waals surface area contributed by atoms with Crippen LogP contribution in [-0.4, -0.2) is 32.4 Å². The topological polar surface area (TPSA) is 88.4 Å². The Bertz CT molecular complexity index is 708. The highest BCUT2D eigenvalue weighted by atomic mass is 32.2. The molecule has 1 amide bonds. The molecule has 7 heteroatoms. The fourth-order valence-electron chi connectivity index (χ4n) is 2.63. The van der Waals surface area contributed by atoms with E-state index in [1.54, 1.807) is 30.5 Å². The number of hydrogen-bond donors (Lipinski definition) is 1. The molecule has 1 aromatic rings. The minimum Gasteiger partial charge on any atom is -0.496 e. The molecule has 0 aliphatic carbocycles.